The molecule has 1 saturated heterocycles. The van der Waals surface area contributed by atoms with Gasteiger partial charge in [-0.3, -0.25) is 0 Å². The van der Waals surface area contributed by atoms with E-state index in [-0.39, 0.29) is 0 Å². The summed E-state index contributed by atoms with van der Waals surface area (Å²) >= 11 is 0. The van der Waals surface area contributed by atoms with Crippen molar-refractivity contribution in [2.45, 2.75) is 32.1 Å². The van der Waals surface area contributed by atoms with E-state index in [1.54, 1.807) is 0 Å². The quantitative estimate of drug-likeness (QED) is 0.827. The van der Waals surface area contributed by atoms with Crippen LogP contribution in [0.4, 0.5) is 5.88 Å². The lowest BCUT2D eigenvalue weighted by Crippen LogP contribution is -2.23. The van der Waals surface area contributed by atoms with E-state index in [0.29, 0.717) is 6.54 Å². The van der Waals surface area contributed by atoms with Gasteiger partial charge in [0, 0.05) is 25.6 Å². The molecule has 2 heterocycles. The Hall–Kier alpha value is -0.960. The zero-order valence-corrected chi connectivity index (χ0v) is 9.24. The highest BCUT2D eigenvalue weighted by Crippen LogP contribution is 2.22. The molecule has 3 nitrogen and oxygen atoms in total. The summed E-state index contributed by atoms with van der Waals surface area (Å²) in [6.07, 6.45) is 6.12. The van der Waals surface area contributed by atoms with Crippen LogP contribution >= 0.6 is 0 Å². The van der Waals surface area contributed by atoms with Crippen molar-refractivity contribution in [3.63, 3.8) is 0 Å². The third-order valence-electron chi connectivity index (χ3n) is 2.96. The summed E-state index contributed by atoms with van der Waals surface area (Å²) in [6.45, 7) is 2.93. The predicted molar refractivity (Wildman–Crippen MR) is 62.1 cm³/mol. The third kappa shape index (κ3) is 2.75. The molecule has 0 spiro atoms. The molecule has 1 aliphatic heterocycles. The van der Waals surface area contributed by atoms with Gasteiger partial charge in [0.05, 0.1) is 0 Å². The molecule has 0 bridgehead atoms. The van der Waals surface area contributed by atoms with Gasteiger partial charge < -0.3 is 15.1 Å². The molecule has 3 heteroatoms. The lowest BCUT2D eigenvalue weighted by molar-refractivity contribution is 0.498. The van der Waals surface area contributed by atoms with Crippen molar-refractivity contribution in [3.05, 3.63) is 17.9 Å². The number of anilines is 1. The van der Waals surface area contributed by atoms with Gasteiger partial charge in [-0.15, -0.1) is 0 Å². The second-order valence-electron chi connectivity index (χ2n) is 4.18. The fourth-order valence-electron chi connectivity index (χ4n) is 2.10. The maximum atomic E-state index is 5.76. The summed E-state index contributed by atoms with van der Waals surface area (Å²) in [6, 6.07) is 4.13. The van der Waals surface area contributed by atoms with Crippen LogP contribution in [0.1, 0.15) is 31.4 Å². The highest BCUT2D eigenvalue weighted by molar-refractivity contribution is 5.36. The number of nitrogens with zero attached hydrogens (tertiary/aromatic N) is 1. The highest BCUT2D eigenvalue weighted by atomic mass is 16.4. The first-order chi connectivity index (χ1) is 7.40. The molecular weight excluding hydrogens is 188 g/mol. The van der Waals surface area contributed by atoms with Crippen LogP contribution in [-0.2, 0) is 6.42 Å². The van der Waals surface area contributed by atoms with Gasteiger partial charge in [-0.2, -0.15) is 0 Å². The van der Waals surface area contributed by atoms with Crippen LogP contribution in [0.5, 0.6) is 0 Å². The van der Waals surface area contributed by atoms with Gasteiger partial charge in [-0.25, -0.2) is 0 Å². The predicted octanol–water partition coefficient (Wildman–Crippen LogP) is 2.16. The minimum atomic E-state index is 0.660. The fourth-order valence-corrected chi connectivity index (χ4v) is 2.10. The average Bonchev–Trinajstić information content (AvgIpc) is 2.53. The van der Waals surface area contributed by atoms with Crippen LogP contribution < -0.4 is 10.6 Å². The smallest absolute Gasteiger partial charge is 0.195 e. The monoisotopic (exact) mass is 208 g/mol. The molecule has 1 fully saturated rings. The van der Waals surface area contributed by atoms with Crippen molar-refractivity contribution in [1.82, 2.24) is 0 Å². The maximum absolute atomic E-state index is 5.76. The molecule has 0 radical (unpaired) electrons. The van der Waals surface area contributed by atoms with Gasteiger partial charge in [0.15, 0.2) is 5.88 Å². The molecule has 0 amide bonds. The van der Waals surface area contributed by atoms with Crippen molar-refractivity contribution in [2.75, 3.05) is 24.5 Å². The van der Waals surface area contributed by atoms with Gasteiger partial charge >= 0.3 is 0 Å². The zero-order valence-electron chi connectivity index (χ0n) is 9.24. The Bertz CT molecular complexity index is 288. The van der Waals surface area contributed by atoms with E-state index in [2.05, 4.69) is 11.0 Å². The molecule has 2 rings (SSSR count). The van der Waals surface area contributed by atoms with Crippen molar-refractivity contribution in [1.29, 1.82) is 0 Å². The van der Waals surface area contributed by atoms with Crippen LogP contribution in [0.3, 0.4) is 0 Å². The van der Waals surface area contributed by atoms with Gasteiger partial charge in [0.1, 0.15) is 5.76 Å². The van der Waals surface area contributed by atoms with E-state index in [9.17, 15) is 0 Å². The highest BCUT2D eigenvalue weighted by Gasteiger charge is 2.12. The lowest BCUT2D eigenvalue weighted by Gasteiger charge is -2.18. The first kappa shape index (κ1) is 10.6. The van der Waals surface area contributed by atoms with Crippen LogP contribution in [0.25, 0.3) is 0 Å². The number of nitrogens with two attached hydrogens (primary N) is 1. The molecule has 0 aliphatic carbocycles. The normalized spacial score (nSPS) is 17.8. The average molecular weight is 208 g/mol. The SMILES string of the molecule is NCCc1ccc(N2CCCCCC2)o1. The van der Waals surface area contributed by atoms with E-state index in [1.807, 2.05) is 6.07 Å². The Morgan fingerprint density at radius 3 is 2.53 bits per heavy atom. The molecule has 2 N–H and O–H groups in total. The summed E-state index contributed by atoms with van der Waals surface area (Å²) in [4.78, 5) is 2.35. The van der Waals surface area contributed by atoms with Crippen LogP contribution in [0.15, 0.2) is 16.5 Å². The van der Waals surface area contributed by atoms with E-state index in [0.717, 1.165) is 31.2 Å². The number of hydrogen-bond donors (Lipinski definition) is 1. The number of hydrogen-bond acceptors (Lipinski definition) is 3. The second kappa shape index (κ2) is 5.21. The first-order valence-electron chi connectivity index (χ1n) is 5.94. The van der Waals surface area contributed by atoms with E-state index in [1.165, 1.54) is 25.7 Å². The molecule has 1 aromatic rings. The molecule has 0 atom stereocenters. The summed E-state index contributed by atoms with van der Waals surface area (Å²) in [5, 5.41) is 0. The topological polar surface area (TPSA) is 42.4 Å². The summed E-state index contributed by atoms with van der Waals surface area (Å²) in [7, 11) is 0. The zero-order chi connectivity index (χ0) is 10.5. The van der Waals surface area contributed by atoms with Gasteiger partial charge in [0.25, 0.3) is 0 Å². The number of furan rings is 1. The third-order valence-corrected chi connectivity index (χ3v) is 2.96. The Morgan fingerprint density at radius 1 is 1.13 bits per heavy atom. The van der Waals surface area contributed by atoms with E-state index in [4.69, 9.17) is 10.2 Å². The number of rotatable bonds is 3. The van der Waals surface area contributed by atoms with Crippen molar-refractivity contribution in [3.8, 4) is 0 Å². The summed E-state index contributed by atoms with van der Waals surface area (Å²) < 4.78 is 5.76. The molecule has 1 aliphatic rings. The molecule has 15 heavy (non-hydrogen) atoms. The fraction of sp³-hybridized carbons (Fsp3) is 0.667. The van der Waals surface area contributed by atoms with Crippen molar-refractivity contribution in [2.24, 2.45) is 5.73 Å². The lowest BCUT2D eigenvalue weighted by atomic mass is 10.2. The van der Waals surface area contributed by atoms with Crippen molar-refractivity contribution < 1.29 is 4.42 Å². The Balaban J connectivity index is 2.00. The second-order valence-corrected chi connectivity index (χ2v) is 4.18. The molecule has 0 unspecified atom stereocenters. The van der Waals surface area contributed by atoms with E-state index >= 15 is 0 Å². The minimum Gasteiger partial charge on any atom is -0.446 e. The van der Waals surface area contributed by atoms with E-state index < -0.39 is 0 Å². The molecule has 0 aromatic carbocycles. The molecule has 1 aromatic heterocycles. The summed E-state index contributed by atoms with van der Waals surface area (Å²) in [5.74, 6) is 2.04. The maximum Gasteiger partial charge on any atom is 0.195 e. The minimum absolute atomic E-state index is 0.660. The van der Waals surface area contributed by atoms with Gasteiger partial charge in [-0.1, -0.05) is 12.8 Å². The Kier molecular flexibility index (Phi) is 3.67. The van der Waals surface area contributed by atoms with Gasteiger partial charge in [-0.05, 0) is 25.5 Å². The Labute approximate surface area is 91.2 Å². The largest absolute Gasteiger partial charge is 0.446 e. The summed E-state index contributed by atoms with van der Waals surface area (Å²) in [5.41, 5.74) is 5.50. The van der Waals surface area contributed by atoms with Crippen LogP contribution in [0, 0.1) is 0 Å². The molecule has 84 valence electrons. The molecular formula is C12H20N2O. The van der Waals surface area contributed by atoms with Crippen LogP contribution in [0.2, 0.25) is 0 Å². The standard InChI is InChI=1S/C12H20N2O/c13-8-7-11-5-6-12(15-11)14-9-3-1-2-4-10-14/h5-6H,1-4,7-10,13H2. The Morgan fingerprint density at radius 2 is 1.87 bits per heavy atom. The first-order valence-corrected chi connectivity index (χ1v) is 5.94. The van der Waals surface area contributed by atoms with Crippen molar-refractivity contribution >= 4 is 5.88 Å². The van der Waals surface area contributed by atoms with Gasteiger partial charge in [0.2, 0.25) is 0 Å². The van der Waals surface area contributed by atoms with Crippen LogP contribution in [-0.4, -0.2) is 19.6 Å². The molecule has 0 saturated carbocycles.